The third-order valence-corrected chi connectivity index (χ3v) is 5.75. The van der Waals surface area contributed by atoms with E-state index in [9.17, 15) is 9.18 Å². The van der Waals surface area contributed by atoms with E-state index in [1.54, 1.807) is 5.01 Å². The Hall–Kier alpha value is -3.87. The van der Waals surface area contributed by atoms with Gasteiger partial charge in [-0.05, 0) is 43.3 Å². The fourth-order valence-electron chi connectivity index (χ4n) is 4.27. The van der Waals surface area contributed by atoms with E-state index < -0.39 is 12.0 Å². The van der Waals surface area contributed by atoms with Crippen molar-refractivity contribution in [2.45, 2.75) is 25.6 Å². The van der Waals surface area contributed by atoms with E-state index in [1.165, 1.54) is 24.5 Å². The number of benzene rings is 2. The summed E-state index contributed by atoms with van der Waals surface area (Å²) in [6.45, 7) is 1.88. The van der Waals surface area contributed by atoms with Crippen LogP contribution in [0.25, 0.3) is 11.0 Å². The minimum absolute atomic E-state index is 0.127. The molecule has 0 unspecified atom stereocenters. The van der Waals surface area contributed by atoms with Crippen LogP contribution in [-0.4, -0.2) is 10.7 Å². The molecule has 0 fully saturated rings. The summed E-state index contributed by atoms with van der Waals surface area (Å²) in [5, 5.41) is 6.70. The molecular formula is C24H17FN2O4. The molecule has 154 valence electrons. The maximum atomic E-state index is 13.8. The number of ether oxygens (including phenoxy) is 1. The van der Waals surface area contributed by atoms with Gasteiger partial charge in [0.05, 0.1) is 17.0 Å². The van der Waals surface area contributed by atoms with Gasteiger partial charge in [0.25, 0.3) is 0 Å². The van der Waals surface area contributed by atoms with Crippen molar-refractivity contribution in [3.8, 4) is 5.75 Å². The number of halogens is 1. The third kappa shape index (κ3) is 2.77. The van der Waals surface area contributed by atoms with Crippen LogP contribution in [0.15, 0.2) is 79.6 Å². The average Bonchev–Trinajstić information content (AvgIpc) is 3.41. The second-order valence-electron chi connectivity index (χ2n) is 7.73. The highest BCUT2D eigenvalue weighted by Crippen LogP contribution is 2.47. The number of nitrogens with zero attached hydrogens (tertiary/aromatic N) is 2. The molecule has 31 heavy (non-hydrogen) atoms. The SMILES string of the molecule is Cc1ccc(C2=NN3[C@@H](c4coc5ccc(F)cc5c4=O)Oc4ccccc4[C@@H]3C2)o1. The van der Waals surface area contributed by atoms with Crippen molar-refractivity contribution >= 4 is 16.7 Å². The molecule has 6 rings (SSSR count). The van der Waals surface area contributed by atoms with Gasteiger partial charge in [0, 0.05) is 12.0 Å². The minimum atomic E-state index is -0.808. The van der Waals surface area contributed by atoms with Gasteiger partial charge in [0.1, 0.15) is 40.6 Å². The summed E-state index contributed by atoms with van der Waals surface area (Å²) in [7, 11) is 0. The lowest BCUT2D eigenvalue weighted by Crippen LogP contribution is -2.36. The monoisotopic (exact) mass is 416 g/mol. The van der Waals surface area contributed by atoms with Crippen LogP contribution in [0.4, 0.5) is 4.39 Å². The van der Waals surface area contributed by atoms with E-state index in [-0.39, 0.29) is 22.4 Å². The van der Waals surface area contributed by atoms with Gasteiger partial charge in [-0.2, -0.15) is 5.10 Å². The molecule has 0 spiro atoms. The zero-order valence-corrected chi connectivity index (χ0v) is 16.5. The van der Waals surface area contributed by atoms with Crippen molar-refractivity contribution < 1.29 is 18.0 Å². The van der Waals surface area contributed by atoms with Gasteiger partial charge >= 0.3 is 0 Å². The summed E-state index contributed by atoms with van der Waals surface area (Å²) in [5.41, 5.74) is 2.00. The summed E-state index contributed by atoms with van der Waals surface area (Å²) < 4.78 is 31.4. The Kier molecular flexibility index (Phi) is 3.80. The largest absolute Gasteiger partial charge is 0.464 e. The van der Waals surface area contributed by atoms with Gasteiger partial charge in [-0.1, -0.05) is 18.2 Å². The molecule has 0 amide bonds. The predicted octanol–water partition coefficient (Wildman–Crippen LogP) is 5.08. The van der Waals surface area contributed by atoms with Crippen LogP contribution in [0, 0.1) is 12.7 Å². The summed E-state index contributed by atoms with van der Waals surface area (Å²) >= 11 is 0. The maximum absolute atomic E-state index is 13.8. The highest BCUT2D eigenvalue weighted by atomic mass is 19.1. The highest BCUT2D eigenvalue weighted by molar-refractivity contribution is 5.99. The molecule has 0 radical (unpaired) electrons. The number of hydrogen-bond donors (Lipinski definition) is 0. The Morgan fingerprint density at radius 3 is 2.81 bits per heavy atom. The Bertz CT molecular complexity index is 1420. The molecule has 4 aromatic rings. The first-order valence-electron chi connectivity index (χ1n) is 9.97. The summed E-state index contributed by atoms with van der Waals surface area (Å²) in [4.78, 5) is 13.2. The van der Waals surface area contributed by atoms with E-state index >= 15 is 0 Å². The normalized spacial score (nSPS) is 19.7. The molecule has 6 nitrogen and oxygen atoms in total. The highest BCUT2D eigenvalue weighted by Gasteiger charge is 2.42. The smallest absolute Gasteiger partial charge is 0.220 e. The molecule has 2 aliphatic rings. The maximum Gasteiger partial charge on any atom is 0.220 e. The Morgan fingerprint density at radius 1 is 1.10 bits per heavy atom. The van der Waals surface area contributed by atoms with Crippen LogP contribution in [0.2, 0.25) is 0 Å². The second-order valence-corrected chi connectivity index (χ2v) is 7.73. The molecule has 0 bridgehead atoms. The van der Waals surface area contributed by atoms with E-state index in [0.717, 1.165) is 17.0 Å². The first-order valence-corrected chi connectivity index (χ1v) is 9.97. The molecule has 0 N–H and O–H groups in total. The van der Waals surface area contributed by atoms with E-state index in [4.69, 9.17) is 18.7 Å². The zero-order valence-electron chi connectivity index (χ0n) is 16.5. The Balaban J connectivity index is 1.51. The van der Waals surface area contributed by atoms with Crippen LogP contribution in [0.5, 0.6) is 5.75 Å². The molecule has 0 aliphatic carbocycles. The van der Waals surface area contributed by atoms with Gasteiger partial charge < -0.3 is 13.6 Å². The Morgan fingerprint density at radius 2 is 1.97 bits per heavy atom. The number of hydrazone groups is 1. The number of hydrogen-bond acceptors (Lipinski definition) is 6. The number of aryl methyl sites for hydroxylation is 1. The van der Waals surface area contributed by atoms with Gasteiger partial charge in [-0.15, -0.1) is 0 Å². The second kappa shape index (κ2) is 6.57. The van der Waals surface area contributed by atoms with Gasteiger partial charge in [0.2, 0.25) is 11.7 Å². The molecule has 0 saturated heterocycles. The first-order chi connectivity index (χ1) is 15.1. The summed E-state index contributed by atoms with van der Waals surface area (Å²) in [6.07, 6.45) is 1.18. The molecule has 7 heteroatoms. The van der Waals surface area contributed by atoms with Crippen LogP contribution < -0.4 is 10.2 Å². The van der Waals surface area contributed by atoms with Crippen molar-refractivity contribution in [1.29, 1.82) is 0 Å². The average molecular weight is 416 g/mol. The van der Waals surface area contributed by atoms with Gasteiger partial charge in [-0.3, -0.25) is 4.79 Å². The van der Waals surface area contributed by atoms with Crippen molar-refractivity contribution in [3.63, 3.8) is 0 Å². The van der Waals surface area contributed by atoms with Crippen molar-refractivity contribution in [2.75, 3.05) is 0 Å². The number of furan rings is 1. The third-order valence-electron chi connectivity index (χ3n) is 5.75. The number of rotatable bonds is 2. The predicted molar refractivity (Wildman–Crippen MR) is 111 cm³/mol. The number of fused-ring (bicyclic) bond motifs is 4. The van der Waals surface area contributed by atoms with E-state index in [1.807, 2.05) is 43.3 Å². The Labute approximate surface area is 176 Å². The lowest BCUT2D eigenvalue weighted by atomic mass is 9.97. The molecule has 4 heterocycles. The van der Waals surface area contributed by atoms with Crippen LogP contribution in [0.3, 0.4) is 0 Å². The van der Waals surface area contributed by atoms with Crippen LogP contribution in [-0.2, 0) is 0 Å². The minimum Gasteiger partial charge on any atom is -0.464 e. The van der Waals surface area contributed by atoms with Gasteiger partial charge in [-0.25, -0.2) is 9.40 Å². The lowest BCUT2D eigenvalue weighted by Gasteiger charge is -2.37. The molecule has 2 atom stereocenters. The standard InChI is InChI=1S/C24H17FN2O4/c1-13-6-8-22(30-13)18-11-19-15-4-2-3-5-21(15)31-24(27(19)26-18)17-12-29-20-9-7-14(25)10-16(20)23(17)28/h2-10,12,19,24H,11H2,1H3/t19-,24+/m0/s1. The molecule has 0 saturated carbocycles. The molecule has 2 aliphatic heterocycles. The van der Waals surface area contributed by atoms with Crippen molar-refractivity contribution in [3.05, 3.63) is 99.5 Å². The van der Waals surface area contributed by atoms with Crippen molar-refractivity contribution in [1.82, 2.24) is 5.01 Å². The van der Waals surface area contributed by atoms with E-state index in [0.29, 0.717) is 23.5 Å². The first kappa shape index (κ1) is 17.9. The fraction of sp³-hybridized carbons (Fsp3) is 0.167. The lowest BCUT2D eigenvalue weighted by molar-refractivity contribution is -0.0205. The van der Waals surface area contributed by atoms with E-state index in [2.05, 4.69) is 0 Å². The molecule has 2 aromatic carbocycles. The quantitative estimate of drug-likeness (QED) is 0.456. The summed E-state index contributed by atoms with van der Waals surface area (Å²) in [6, 6.07) is 15.2. The van der Waals surface area contributed by atoms with Crippen LogP contribution >= 0.6 is 0 Å². The van der Waals surface area contributed by atoms with Crippen LogP contribution in [0.1, 0.15) is 41.3 Å². The molecular weight excluding hydrogens is 399 g/mol. The molecule has 2 aromatic heterocycles. The summed E-state index contributed by atoms with van der Waals surface area (Å²) in [5.74, 6) is 1.67. The topological polar surface area (TPSA) is 68.2 Å². The van der Waals surface area contributed by atoms with Crippen molar-refractivity contribution in [2.24, 2.45) is 5.10 Å². The number of para-hydroxylation sites is 1. The fourth-order valence-corrected chi connectivity index (χ4v) is 4.27. The zero-order chi connectivity index (χ0) is 21.1. The van der Waals surface area contributed by atoms with Gasteiger partial charge in [0.15, 0.2) is 0 Å².